The summed E-state index contributed by atoms with van der Waals surface area (Å²) in [4.78, 5) is 2.74. The minimum Gasteiger partial charge on any atom is -0.302 e. The smallest absolute Gasteiger partial charge is 0.179 e. The molecule has 1 N–H and O–H groups in total. The molecule has 0 bridgehead atoms. The van der Waals surface area contributed by atoms with E-state index in [9.17, 15) is 8.42 Å². The molecule has 2 aromatic rings. The van der Waals surface area contributed by atoms with Crippen LogP contribution in [0.4, 0.5) is 0 Å². The van der Waals surface area contributed by atoms with E-state index in [1.54, 1.807) is 12.3 Å². The average molecular weight is 347 g/mol. The summed E-state index contributed by atoms with van der Waals surface area (Å²) in [6.45, 7) is 6.23. The summed E-state index contributed by atoms with van der Waals surface area (Å²) in [5.74, 6) is 0.595. The summed E-state index contributed by atoms with van der Waals surface area (Å²) in [7, 11) is -3.25. The Labute approximate surface area is 144 Å². The van der Waals surface area contributed by atoms with E-state index < -0.39 is 9.84 Å². The molecule has 1 aliphatic heterocycles. The second-order valence-electron chi connectivity index (χ2n) is 6.74. The molecule has 0 saturated carbocycles. The Morgan fingerprint density at radius 1 is 1.29 bits per heavy atom. The number of aryl methyl sites for hydroxylation is 2. The second-order valence-corrected chi connectivity index (χ2v) is 8.82. The number of aromatic amines is 1. The van der Waals surface area contributed by atoms with Crippen LogP contribution in [0.1, 0.15) is 35.6 Å². The molecule has 1 aromatic heterocycles. The molecule has 2 heterocycles. The van der Waals surface area contributed by atoms with E-state index >= 15 is 0 Å². The van der Waals surface area contributed by atoms with Gasteiger partial charge in [-0.15, -0.1) is 0 Å². The van der Waals surface area contributed by atoms with Crippen LogP contribution in [0.3, 0.4) is 0 Å². The van der Waals surface area contributed by atoms with Crippen LogP contribution < -0.4 is 0 Å². The maximum absolute atomic E-state index is 12.7. The number of sulfone groups is 1. The van der Waals surface area contributed by atoms with Gasteiger partial charge in [-0.05, 0) is 56.5 Å². The van der Waals surface area contributed by atoms with Crippen molar-refractivity contribution in [3.8, 4) is 0 Å². The van der Waals surface area contributed by atoms with Crippen molar-refractivity contribution >= 4 is 9.84 Å². The first-order chi connectivity index (χ1) is 11.5. The Balaban J connectivity index is 1.65. The predicted octanol–water partition coefficient (Wildman–Crippen LogP) is 2.68. The SMILES string of the molecule is Cc1ccc(C)c(S(=O)(=O)CCN2CCC[C@H](c3ccn[nH]3)C2)c1. The summed E-state index contributed by atoms with van der Waals surface area (Å²) in [6, 6.07) is 7.64. The Kier molecular flexibility index (Phi) is 5.06. The number of hydrogen-bond donors (Lipinski definition) is 1. The lowest BCUT2D eigenvalue weighted by atomic mass is 9.95. The highest BCUT2D eigenvalue weighted by molar-refractivity contribution is 7.91. The third-order valence-corrected chi connectivity index (χ3v) is 6.65. The van der Waals surface area contributed by atoms with Gasteiger partial charge in [0.15, 0.2) is 9.84 Å². The van der Waals surface area contributed by atoms with Crippen LogP contribution in [0.25, 0.3) is 0 Å². The highest BCUT2D eigenvalue weighted by Gasteiger charge is 2.24. The van der Waals surface area contributed by atoms with Crippen LogP contribution in [-0.2, 0) is 9.84 Å². The first kappa shape index (κ1) is 17.2. The Morgan fingerprint density at radius 2 is 2.12 bits per heavy atom. The molecule has 130 valence electrons. The summed E-state index contributed by atoms with van der Waals surface area (Å²) in [5, 5.41) is 7.07. The van der Waals surface area contributed by atoms with Gasteiger partial charge in [-0.3, -0.25) is 5.10 Å². The molecule has 0 amide bonds. The lowest BCUT2D eigenvalue weighted by Gasteiger charge is -2.32. The molecule has 0 aliphatic carbocycles. The zero-order chi connectivity index (χ0) is 17.2. The van der Waals surface area contributed by atoms with E-state index in [4.69, 9.17) is 0 Å². The highest BCUT2D eigenvalue weighted by Crippen LogP contribution is 2.25. The zero-order valence-electron chi connectivity index (χ0n) is 14.3. The number of nitrogens with zero attached hydrogens (tertiary/aromatic N) is 2. The average Bonchev–Trinajstić information content (AvgIpc) is 3.10. The number of H-pyrrole nitrogens is 1. The van der Waals surface area contributed by atoms with Crippen molar-refractivity contribution in [3.05, 3.63) is 47.3 Å². The van der Waals surface area contributed by atoms with E-state index in [1.165, 1.54) is 0 Å². The van der Waals surface area contributed by atoms with Gasteiger partial charge >= 0.3 is 0 Å². The Hall–Kier alpha value is -1.66. The van der Waals surface area contributed by atoms with Crippen molar-refractivity contribution in [2.75, 3.05) is 25.4 Å². The number of rotatable bonds is 5. The quantitative estimate of drug-likeness (QED) is 0.903. The summed E-state index contributed by atoms with van der Waals surface area (Å²) in [6.07, 6.45) is 3.99. The Morgan fingerprint density at radius 3 is 2.88 bits per heavy atom. The molecule has 0 radical (unpaired) electrons. The van der Waals surface area contributed by atoms with Crippen LogP contribution in [0, 0.1) is 13.8 Å². The van der Waals surface area contributed by atoms with Crippen molar-refractivity contribution in [1.29, 1.82) is 0 Å². The van der Waals surface area contributed by atoms with E-state index in [2.05, 4.69) is 15.1 Å². The maximum Gasteiger partial charge on any atom is 0.179 e. The second kappa shape index (κ2) is 7.07. The minimum atomic E-state index is -3.25. The van der Waals surface area contributed by atoms with Gasteiger partial charge in [0.05, 0.1) is 10.6 Å². The molecule has 1 aliphatic rings. The fourth-order valence-corrected chi connectivity index (χ4v) is 5.05. The molecular weight excluding hydrogens is 322 g/mol. The minimum absolute atomic E-state index is 0.174. The lowest BCUT2D eigenvalue weighted by molar-refractivity contribution is 0.217. The number of hydrogen-bond acceptors (Lipinski definition) is 4. The first-order valence-electron chi connectivity index (χ1n) is 8.47. The molecule has 1 saturated heterocycles. The zero-order valence-corrected chi connectivity index (χ0v) is 15.1. The van der Waals surface area contributed by atoms with Gasteiger partial charge in [0.2, 0.25) is 0 Å². The van der Waals surface area contributed by atoms with Gasteiger partial charge in [0, 0.05) is 30.9 Å². The highest BCUT2D eigenvalue weighted by atomic mass is 32.2. The van der Waals surface area contributed by atoms with Crippen molar-refractivity contribution in [2.24, 2.45) is 0 Å². The topological polar surface area (TPSA) is 66.1 Å². The Bertz CT molecular complexity index is 785. The molecule has 1 aromatic carbocycles. The number of piperidine rings is 1. The van der Waals surface area contributed by atoms with Crippen LogP contribution in [-0.4, -0.2) is 48.9 Å². The van der Waals surface area contributed by atoms with Crippen molar-refractivity contribution in [3.63, 3.8) is 0 Å². The van der Waals surface area contributed by atoms with Crippen molar-refractivity contribution in [1.82, 2.24) is 15.1 Å². The summed E-state index contributed by atoms with van der Waals surface area (Å²) in [5.41, 5.74) is 2.96. The van der Waals surface area contributed by atoms with Crippen molar-refractivity contribution in [2.45, 2.75) is 37.5 Å². The molecule has 24 heavy (non-hydrogen) atoms. The van der Waals surface area contributed by atoms with E-state index in [-0.39, 0.29) is 5.75 Å². The first-order valence-corrected chi connectivity index (χ1v) is 10.1. The molecule has 6 heteroatoms. The fourth-order valence-electron chi connectivity index (χ4n) is 3.41. The number of nitrogens with one attached hydrogen (secondary N) is 1. The van der Waals surface area contributed by atoms with Crippen LogP contribution in [0.2, 0.25) is 0 Å². The predicted molar refractivity (Wildman–Crippen MR) is 95.0 cm³/mol. The normalized spacial score (nSPS) is 19.5. The van der Waals surface area contributed by atoms with Gasteiger partial charge in [-0.25, -0.2) is 8.42 Å². The van der Waals surface area contributed by atoms with Gasteiger partial charge in [0.1, 0.15) is 0 Å². The maximum atomic E-state index is 12.7. The molecule has 3 rings (SSSR count). The van der Waals surface area contributed by atoms with Crippen molar-refractivity contribution < 1.29 is 8.42 Å². The number of benzene rings is 1. The van der Waals surface area contributed by atoms with Crippen LogP contribution >= 0.6 is 0 Å². The summed E-state index contributed by atoms with van der Waals surface area (Å²) >= 11 is 0. The standard InChI is InChI=1S/C18H25N3O2S/c1-14-5-6-15(2)18(12-14)24(22,23)11-10-21-9-3-4-16(13-21)17-7-8-19-20-17/h5-8,12,16H,3-4,9-11,13H2,1-2H3,(H,19,20)/t16-/m0/s1. The largest absolute Gasteiger partial charge is 0.302 e. The third kappa shape index (κ3) is 3.87. The summed E-state index contributed by atoms with van der Waals surface area (Å²) < 4.78 is 25.4. The molecule has 1 fully saturated rings. The van der Waals surface area contributed by atoms with E-state index in [0.717, 1.165) is 42.8 Å². The van der Waals surface area contributed by atoms with Gasteiger partial charge < -0.3 is 4.90 Å². The monoisotopic (exact) mass is 347 g/mol. The molecule has 0 unspecified atom stereocenters. The molecule has 0 spiro atoms. The molecule has 1 atom stereocenters. The van der Waals surface area contributed by atoms with Gasteiger partial charge in [-0.1, -0.05) is 12.1 Å². The number of aromatic nitrogens is 2. The fraction of sp³-hybridized carbons (Fsp3) is 0.500. The van der Waals surface area contributed by atoms with Crippen LogP contribution in [0.15, 0.2) is 35.4 Å². The van der Waals surface area contributed by atoms with Gasteiger partial charge in [-0.2, -0.15) is 5.10 Å². The third-order valence-electron chi connectivity index (χ3n) is 4.82. The van der Waals surface area contributed by atoms with Crippen LogP contribution in [0.5, 0.6) is 0 Å². The van der Waals surface area contributed by atoms with E-state index in [1.807, 2.05) is 32.0 Å². The lowest BCUT2D eigenvalue weighted by Crippen LogP contribution is -2.37. The molecule has 5 nitrogen and oxygen atoms in total. The van der Waals surface area contributed by atoms with Gasteiger partial charge in [0.25, 0.3) is 0 Å². The van der Waals surface area contributed by atoms with E-state index in [0.29, 0.717) is 17.4 Å². The molecular formula is C18H25N3O2S. The number of likely N-dealkylation sites (tertiary alicyclic amines) is 1.